The van der Waals surface area contributed by atoms with Crippen molar-refractivity contribution in [1.82, 2.24) is 4.98 Å². The molecule has 0 spiro atoms. The van der Waals surface area contributed by atoms with E-state index in [1.807, 2.05) is 12.1 Å². The van der Waals surface area contributed by atoms with E-state index in [4.69, 9.17) is 18.0 Å². The molecule has 0 saturated carbocycles. The van der Waals surface area contributed by atoms with Crippen molar-refractivity contribution in [2.45, 2.75) is 13.8 Å². The highest BCUT2D eigenvalue weighted by molar-refractivity contribution is 7.80. The van der Waals surface area contributed by atoms with Crippen LogP contribution in [0, 0.1) is 0 Å². The molecule has 1 heterocycles. The Balaban J connectivity index is 2.98. The van der Waals surface area contributed by atoms with Crippen molar-refractivity contribution >= 4 is 22.9 Å². The van der Waals surface area contributed by atoms with E-state index in [2.05, 4.69) is 23.7 Å². The van der Waals surface area contributed by atoms with Gasteiger partial charge in [-0.3, -0.25) is 4.98 Å². The average molecular weight is 209 g/mol. The molecule has 0 aromatic carbocycles. The summed E-state index contributed by atoms with van der Waals surface area (Å²) in [6.45, 7) is 6.17. The molecule has 1 aromatic rings. The molecule has 0 amide bonds. The fourth-order valence-electron chi connectivity index (χ4n) is 1.34. The lowest BCUT2D eigenvalue weighted by Gasteiger charge is -2.21. The molecule has 0 aliphatic carbocycles. The highest BCUT2D eigenvalue weighted by Gasteiger charge is 2.04. The van der Waals surface area contributed by atoms with Gasteiger partial charge in [0.15, 0.2) is 0 Å². The Morgan fingerprint density at radius 3 is 2.64 bits per heavy atom. The van der Waals surface area contributed by atoms with Gasteiger partial charge in [0.05, 0.1) is 5.69 Å². The van der Waals surface area contributed by atoms with Gasteiger partial charge in [-0.05, 0) is 26.0 Å². The molecule has 3 nitrogen and oxygen atoms in total. The van der Waals surface area contributed by atoms with E-state index in [0.29, 0.717) is 10.7 Å². The Labute approximate surface area is 89.9 Å². The number of nitrogens with zero attached hydrogens (tertiary/aromatic N) is 2. The second-order valence-electron chi connectivity index (χ2n) is 2.94. The fraction of sp³-hybridized carbons (Fsp3) is 0.400. The molecule has 0 radical (unpaired) electrons. The maximum atomic E-state index is 5.52. The van der Waals surface area contributed by atoms with Gasteiger partial charge in [0.2, 0.25) is 0 Å². The first-order valence-corrected chi connectivity index (χ1v) is 5.10. The summed E-state index contributed by atoms with van der Waals surface area (Å²) in [5.74, 6) is 0. The summed E-state index contributed by atoms with van der Waals surface area (Å²) in [5, 5.41) is 0. The van der Waals surface area contributed by atoms with Crippen LogP contribution in [0.15, 0.2) is 18.3 Å². The van der Waals surface area contributed by atoms with Crippen molar-refractivity contribution in [2.24, 2.45) is 5.73 Å². The normalized spacial score (nSPS) is 9.86. The minimum Gasteiger partial charge on any atom is -0.388 e. The Morgan fingerprint density at radius 2 is 2.14 bits per heavy atom. The van der Waals surface area contributed by atoms with E-state index in [-0.39, 0.29) is 0 Å². The smallest absolute Gasteiger partial charge is 0.122 e. The topological polar surface area (TPSA) is 42.2 Å². The zero-order chi connectivity index (χ0) is 10.6. The number of rotatable bonds is 4. The number of thiocarbonyl (C=S) groups is 1. The van der Waals surface area contributed by atoms with Gasteiger partial charge in [-0.2, -0.15) is 0 Å². The zero-order valence-corrected chi connectivity index (χ0v) is 9.34. The first-order chi connectivity index (χ1) is 6.69. The number of aromatic nitrogens is 1. The largest absolute Gasteiger partial charge is 0.388 e. The van der Waals surface area contributed by atoms with Crippen molar-refractivity contribution < 1.29 is 0 Å². The van der Waals surface area contributed by atoms with Crippen LogP contribution in [0.1, 0.15) is 19.5 Å². The summed E-state index contributed by atoms with van der Waals surface area (Å²) >= 11 is 4.88. The Morgan fingerprint density at radius 1 is 1.50 bits per heavy atom. The third-order valence-corrected chi connectivity index (χ3v) is 2.33. The lowest BCUT2D eigenvalue weighted by molar-refractivity contribution is 0.864. The first kappa shape index (κ1) is 10.9. The van der Waals surface area contributed by atoms with Crippen molar-refractivity contribution in [1.29, 1.82) is 0 Å². The Kier molecular flexibility index (Phi) is 3.83. The van der Waals surface area contributed by atoms with Gasteiger partial charge in [0.1, 0.15) is 4.99 Å². The maximum Gasteiger partial charge on any atom is 0.122 e. The molecule has 4 heteroatoms. The molecule has 14 heavy (non-hydrogen) atoms. The highest BCUT2D eigenvalue weighted by Crippen LogP contribution is 2.13. The zero-order valence-electron chi connectivity index (χ0n) is 8.53. The second-order valence-corrected chi connectivity index (χ2v) is 3.38. The number of nitrogens with two attached hydrogens (primary N) is 1. The molecule has 0 aliphatic rings. The number of hydrogen-bond donors (Lipinski definition) is 1. The first-order valence-electron chi connectivity index (χ1n) is 4.69. The van der Waals surface area contributed by atoms with Crippen LogP contribution >= 0.6 is 12.2 Å². The van der Waals surface area contributed by atoms with E-state index in [1.54, 1.807) is 6.20 Å². The predicted octanol–water partition coefficient (Wildman–Crippen LogP) is 1.56. The van der Waals surface area contributed by atoms with E-state index in [9.17, 15) is 0 Å². The maximum absolute atomic E-state index is 5.52. The summed E-state index contributed by atoms with van der Waals surface area (Å²) in [5.41, 5.74) is 7.32. The average Bonchev–Trinajstić information content (AvgIpc) is 2.20. The molecule has 1 aromatic heterocycles. The molecule has 0 saturated heterocycles. The second kappa shape index (κ2) is 4.91. The van der Waals surface area contributed by atoms with Gasteiger partial charge in [-0.25, -0.2) is 0 Å². The lowest BCUT2D eigenvalue weighted by atomic mass is 10.3. The van der Waals surface area contributed by atoms with Crippen LogP contribution in [0.5, 0.6) is 0 Å². The predicted molar refractivity (Wildman–Crippen MR) is 63.7 cm³/mol. The van der Waals surface area contributed by atoms with Crippen molar-refractivity contribution in [3.8, 4) is 0 Å². The molecule has 76 valence electrons. The van der Waals surface area contributed by atoms with Crippen LogP contribution in [0.25, 0.3) is 0 Å². The Bertz CT molecular complexity index is 321. The molecular weight excluding hydrogens is 194 g/mol. The monoisotopic (exact) mass is 209 g/mol. The standard InChI is InChI=1S/C10H15N3S/c1-3-13(4-2)8-5-6-12-9(7-8)10(11)14/h5-7H,3-4H2,1-2H3,(H2,11,14). The minimum atomic E-state index is 0.346. The van der Waals surface area contributed by atoms with Crippen molar-refractivity contribution in [3.05, 3.63) is 24.0 Å². The van der Waals surface area contributed by atoms with Gasteiger partial charge in [0.25, 0.3) is 0 Å². The highest BCUT2D eigenvalue weighted by atomic mass is 32.1. The molecule has 2 N–H and O–H groups in total. The third kappa shape index (κ3) is 2.42. The fourth-order valence-corrected chi connectivity index (χ4v) is 1.45. The van der Waals surface area contributed by atoms with Gasteiger partial charge in [-0.15, -0.1) is 0 Å². The molecule has 0 atom stereocenters. The summed E-state index contributed by atoms with van der Waals surface area (Å²) < 4.78 is 0. The van der Waals surface area contributed by atoms with Crippen LogP contribution in [-0.2, 0) is 0 Å². The Hall–Kier alpha value is -1.16. The number of hydrogen-bond acceptors (Lipinski definition) is 3. The number of pyridine rings is 1. The van der Waals surface area contributed by atoms with Gasteiger partial charge < -0.3 is 10.6 Å². The molecule has 0 unspecified atom stereocenters. The van der Waals surface area contributed by atoms with E-state index >= 15 is 0 Å². The quantitative estimate of drug-likeness (QED) is 0.764. The molecule has 0 aliphatic heterocycles. The van der Waals surface area contributed by atoms with Crippen LogP contribution in [0.2, 0.25) is 0 Å². The van der Waals surface area contributed by atoms with E-state index in [1.165, 1.54) is 0 Å². The van der Waals surface area contributed by atoms with Crippen LogP contribution in [0.3, 0.4) is 0 Å². The van der Waals surface area contributed by atoms with Gasteiger partial charge in [0, 0.05) is 25.0 Å². The minimum absolute atomic E-state index is 0.346. The van der Waals surface area contributed by atoms with E-state index in [0.717, 1.165) is 18.8 Å². The van der Waals surface area contributed by atoms with Crippen molar-refractivity contribution in [2.75, 3.05) is 18.0 Å². The summed E-state index contributed by atoms with van der Waals surface area (Å²) in [4.78, 5) is 6.67. The van der Waals surface area contributed by atoms with E-state index < -0.39 is 0 Å². The van der Waals surface area contributed by atoms with Gasteiger partial charge in [-0.1, -0.05) is 12.2 Å². The van der Waals surface area contributed by atoms with Crippen LogP contribution < -0.4 is 10.6 Å². The van der Waals surface area contributed by atoms with Crippen molar-refractivity contribution in [3.63, 3.8) is 0 Å². The lowest BCUT2D eigenvalue weighted by Crippen LogP contribution is -2.22. The summed E-state index contributed by atoms with van der Waals surface area (Å²) in [7, 11) is 0. The molecular formula is C10H15N3S. The molecule has 1 rings (SSSR count). The molecule has 0 fully saturated rings. The number of anilines is 1. The van der Waals surface area contributed by atoms with Crippen LogP contribution in [-0.4, -0.2) is 23.1 Å². The molecule has 0 bridgehead atoms. The SMILES string of the molecule is CCN(CC)c1ccnc(C(N)=S)c1. The summed E-state index contributed by atoms with van der Waals surface area (Å²) in [6, 6.07) is 3.89. The van der Waals surface area contributed by atoms with Crippen LogP contribution in [0.4, 0.5) is 5.69 Å². The van der Waals surface area contributed by atoms with Gasteiger partial charge >= 0.3 is 0 Å². The third-order valence-electron chi connectivity index (χ3n) is 2.12. The summed E-state index contributed by atoms with van der Waals surface area (Å²) in [6.07, 6.45) is 1.74.